The van der Waals surface area contributed by atoms with Crippen molar-refractivity contribution in [1.82, 2.24) is 30.3 Å². The van der Waals surface area contributed by atoms with Gasteiger partial charge in [-0.05, 0) is 40.5 Å². The number of hydrogen-bond acceptors (Lipinski definition) is 7. The maximum absolute atomic E-state index is 12.0. The molecule has 0 aliphatic carbocycles. The van der Waals surface area contributed by atoms with E-state index >= 15 is 0 Å². The maximum Gasteiger partial charge on any atom is 0.273 e. The third-order valence-electron chi connectivity index (χ3n) is 4.41. The van der Waals surface area contributed by atoms with Gasteiger partial charge in [0.1, 0.15) is 18.0 Å². The van der Waals surface area contributed by atoms with Crippen LogP contribution in [0.5, 0.6) is 0 Å². The van der Waals surface area contributed by atoms with E-state index in [-0.39, 0.29) is 18.0 Å². The Hall–Kier alpha value is -2.71. The lowest BCUT2D eigenvalue weighted by Gasteiger charge is -2.32. The second-order valence-corrected chi connectivity index (χ2v) is 7.49. The number of carbonyl (C=O) groups is 1. The van der Waals surface area contributed by atoms with Crippen molar-refractivity contribution < 1.29 is 4.79 Å². The predicted octanol–water partition coefficient (Wildman–Crippen LogP) is 1.87. The third kappa shape index (κ3) is 4.93. The van der Waals surface area contributed by atoms with Gasteiger partial charge in [-0.2, -0.15) is 0 Å². The van der Waals surface area contributed by atoms with E-state index < -0.39 is 0 Å². The second-order valence-electron chi connectivity index (χ2n) is 7.49. The number of aromatic nitrogens is 5. The van der Waals surface area contributed by atoms with Crippen molar-refractivity contribution in [3.05, 3.63) is 24.3 Å². The van der Waals surface area contributed by atoms with Crippen molar-refractivity contribution in [2.24, 2.45) is 0 Å². The molecule has 1 saturated heterocycles. The SMILES string of the molecule is CC(C)NC(=O)c1cn(C2CCN(c3cc(NC(C)C)ncn3)CC2)nn1. The molecule has 1 aliphatic heterocycles. The Morgan fingerprint density at radius 1 is 1.15 bits per heavy atom. The number of anilines is 2. The highest BCUT2D eigenvalue weighted by Crippen LogP contribution is 2.25. The molecule has 0 bridgehead atoms. The van der Waals surface area contributed by atoms with Crippen molar-refractivity contribution in [2.75, 3.05) is 23.3 Å². The molecule has 3 rings (SSSR count). The van der Waals surface area contributed by atoms with E-state index in [1.54, 1.807) is 12.5 Å². The van der Waals surface area contributed by atoms with E-state index in [1.165, 1.54) is 0 Å². The fraction of sp³-hybridized carbons (Fsp3) is 0.611. The molecule has 0 aromatic carbocycles. The lowest BCUT2D eigenvalue weighted by Crippen LogP contribution is -2.35. The molecule has 3 heterocycles. The average molecular weight is 372 g/mol. The molecule has 1 aliphatic rings. The second kappa shape index (κ2) is 8.32. The summed E-state index contributed by atoms with van der Waals surface area (Å²) in [6, 6.07) is 2.63. The summed E-state index contributed by atoms with van der Waals surface area (Å²) in [6.07, 6.45) is 5.19. The number of nitrogens with zero attached hydrogens (tertiary/aromatic N) is 6. The van der Waals surface area contributed by atoms with Crippen molar-refractivity contribution >= 4 is 17.5 Å². The molecule has 27 heavy (non-hydrogen) atoms. The van der Waals surface area contributed by atoms with Crippen LogP contribution in [-0.2, 0) is 0 Å². The summed E-state index contributed by atoms with van der Waals surface area (Å²) in [5.41, 5.74) is 0.367. The summed E-state index contributed by atoms with van der Waals surface area (Å²) in [4.78, 5) is 23.0. The third-order valence-corrected chi connectivity index (χ3v) is 4.41. The normalized spacial score (nSPS) is 15.4. The van der Waals surface area contributed by atoms with Crippen molar-refractivity contribution in [3.8, 4) is 0 Å². The zero-order chi connectivity index (χ0) is 19.4. The minimum absolute atomic E-state index is 0.0776. The van der Waals surface area contributed by atoms with Gasteiger partial charge in [-0.3, -0.25) is 4.79 Å². The minimum atomic E-state index is -0.181. The van der Waals surface area contributed by atoms with Gasteiger partial charge in [0, 0.05) is 31.2 Å². The van der Waals surface area contributed by atoms with E-state index in [1.807, 2.05) is 24.6 Å². The van der Waals surface area contributed by atoms with E-state index in [0.29, 0.717) is 11.7 Å². The first-order valence-electron chi connectivity index (χ1n) is 9.48. The van der Waals surface area contributed by atoms with Crippen molar-refractivity contribution in [2.45, 2.75) is 58.7 Å². The van der Waals surface area contributed by atoms with E-state index in [4.69, 9.17) is 0 Å². The molecule has 146 valence electrons. The molecule has 0 spiro atoms. The maximum atomic E-state index is 12.0. The molecule has 0 unspecified atom stereocenters. The van der Waals surface area contributed by atoms with Gasteiger partial charge in [0.05, 0.1) is 12.2 Å². The smallest absolute Gasteiger partial charge is 0.273 e. The van der Waals surface area contributed by atoms with Crippen LogP contribution in [0.2, 0.25) is 0 Å². The highest BCUT2D eigenvalue weighted by molar-refractivity contribution is 5.91. The molecule has 1 fully saturated rings. The summed E-state index contributed by atoms with van der Waals surface area (Å²) in [5, 5.41) is 14.3. The van der Waals surface area contributed by atoms with Crippen LogP contribution in [0, 0.1) is 0 Å². The Bertz CT molecular complexity index is 764. The molecular weight excluding hydrogens is 344 g/mol. The Labute approximate surface area is 159 Å². The van der Waals surface area contributed by atoms with E-state index in [0.717, 1.165) is 37.6 Å². The molecule has 0 radical (unpaired) electrons. The summed E-state index contributed by atoms with van der Waals surface area (Å²) in [5.74, 6) is 1.59. The number of piperidine rings is 1. The van der Waals surface area contributed by atoms with Crippen molar-refractivity contribution in [1.29, 1.82) is 0 Å². The lowest BCUT2D eigenvalue weighted by molar-refractivity contribution is 0.0938. The van der Waals surface area contributed by atoms with Crippen molar-refractivity contribution in [3.63, 3.8) is 0 Å². The topological polar surface area (TPSA) is 101 Å². The van der Waals surface area contributed by atoms with Gasteiger partial charge in [0.25, 0.3) is 5.91 Å². The van der Waals surface area contributed by atoms with Gasteiger partial charge >= 0.3 is 0 Å². The molecule has 2 N–H and O–H groups in total. The molecule has 0 atom stereocenters. The molecule has 2 aromatic heterocycles. The predicted molar refractivity (Wildman–Crippen MR) is 104 cm³/mol. The average Bonchev–Trinajstić information content (AvgIpc) is 3.11. The number of amides is 1. The molecular formula is C18H28N8O. The quantitative estimate of drug-likeness (QED) is 0.798. The molecule has 2 aromatic rings. The Morgan fingerprint density at radius 2 is 1.89 bits per heavy atom. The van der Waals surface area contributed by atoms with Crippen LogP contribution in [0.1, 0.15) is 57.1 Å². The standard InChI is InChI=1S/C18H28N8O/c1-12(2)21-16-9-17(20-11-19-16)25-7-5-14(6-8-25)26-10-15(23-24-26)18(27)22-13(3)4/h9-14H,5-8H2,1-4H3,(H,22,27)(H,19,20,21). The fourth-order valence-corrected chi connectivity index (χ4v) is 3.15. The van der Waals surface area contributed by atoms with Crippen LogP contribution in [0.4, 0.5) is 11.6 Å². The first-order chi connectivity index (χ1) is 12.9. The minimum Gasteiger partial charge on any atom is -0.368 e. The summed E-state index contributed by atoms with van der Waals surface area (Å²) in [6.45, 7) is 9.76. The van der Waals surface area contributed by atoms with Gasteiger partial charge in [0.2, 0.25) is 0 Å². The van der Waals surface area contributed by atoms with Gasteiger partial charge < -0.3 is 15.5 Å². The van der Waals surface area contributed by atoms with Crippen LogP contribution in [0.15, 0.2) is 18.6 Å². The monoisotopic (exact) mass is 372 g/mol. The van der Waals surface area contributed by atoms with Gasteiger partial charge in [0.15, 0.2) is 5.69 Å². The number of rotatable bonds is 6. The summed E-state index contributed by atoms with van der Waals surface area (Å²) in [7, 11) is 0. The molecule has 9 nitrogen and oxygen atoms in total. The van der Waals surface area contributed by atoms with Gasteiger partial charge in [-0.15, -0.1) is 5.10 Å². The van der Waals surface area contributed by atoms with Crippen LogP contribution < -0.4 is 15.5 Å². The molecule has 0 saturated carbocycles. The zero-order valence-electron chi connectivity index (χ0n) is 16.4. The van der Waals surface area contributed by atoms with Crippen LogP contribution in [0.25, 0.3) is 0 Å². The lowest BCUT2D eigenvalue weighted by atomic mass is 10.1. The largest absolute Gasteiger partial charge is 0.368 e. The number of nitrogens with one attached hydrogen (secondary N) is 2. The van der Waals surface area contributed by atoms with E-state index in [9.17, 15) is 4.79 Å². The van der Waals surface area contributed by atoms with Crippen LogP contribution in [-0.4, -0.2) is 56.0 Å². The first kappa shape index (κ1) is 19.1. The Balaban J connectivity index is 1.59. The van der Waals surface area contributed by atoms with Gasteiger partial charge in [-0.25, -0.2) is 14.6 Å². The van der Waals surface area contributed by atoms with Crippen LogP contribution >= 0.6 is 0 Å². The summed E-state index contributed by atoms with van der Waals surface area (Å²) >= 11 is 0. The van der Waals surface area contributed by atoms with E-state index in [2.05, 4.69) is 49.7 Å². The first-order valence-corrected chi connectivity index (χ1v) is 9.48. The molecule has 1 amide bonds. The number of hydrogen-bond donors (Lipinski definition) is 2. The highest BCUT2D eigenvalue weighted by atomic mass is 16.2. The Morgan fingerprint density at radius 3 is 2.56 bits per heavy atom. The van der Waals surface area contributed by atoms with Gasteiger partial charge in [-0.1, -0.05) is 5.21 Å². The highest BCUT2D eigenvalue weighted by Gasteiger charge is 2.24. The summed E-state index contributed by atoms with van der Waals surface area (Å²) < 4.78 is 1.82. The Kier molecular flexibility index (Phi) is 5.88. The molecule has 9 heteroatoms. The fourth-order valence-electron chi connectivity index (χ4n) is 3.15. The zero-order valence-corrected chi connectivity index (χ0v) is 16.4. The number of carbonyl (C=O) groups excluding carboxylic acids is 1. The van der Waals surface area contributed by atoms with Crippen LogP contribution in [0.3, 0.4) is 0 Å².